The van der Waals surface area contributed by atoms with E-state index in [0.717, 1.165) is 0 Å². The number of carbonyl (C=O) groups excluding carboxylic acids is 1. The fraction of sp³-hybridized carbons (Fsp3) is 0.481. The number of ether oxygens (including phenoxy) is 2. The van der Waals surface area contributed by atoms with Crippen molar-refractivity contribution < 1.29 is 27.8 Å². The van der Waals surface area contributed by atoms with E-state index in [1.165, 1.54) is 29.7 Å². The number of aromatic nitrogens is 4. The molecule has 0 fully saturated rings. The van der Waals surface area contributed by atoms with E-state index in [2.05, 4.69) is 15.3 Å². The smallest absolute Gasteiger partial charge is 0.244 e. The van der Waals surface area contributed by atoms with Crippen molar-refractivity contribution in [3.05, 3.63) is 60.6 Å². The maximum absolute atomic E-state index is 13.4. The molecule has 12 nitrogen and oxygen atoms in total. The maximum Gasteiger partial charge on any atom is 0.244 e. The summed E-state index contributed by atoms with van der Waals surface area (Å²) in [6.07, 6.45) is 3.33. The maximum atomic E-state index is 13.4. The zero-order valence-corrected chi connectivity index (χ0v) is 23.8. The zero-order chi connectivity index (χ0) is 28.7. The molecule has 3 atom stereocenters. The zero-order valence-electron chi connectivity index (χ0n) is 23.0. The highest BCUT2D eigenvalue weighted by Crippen LogP contribution is 2.23. The molecule has 0 spiro atoms. The Labute approximate surface area is 234 Å². The molecule has 13 heteroatoms. The summed E-state index contributed by atoms with van der Waals surface area (Å²) in [6.45, 7) is 4.51. The van der Waals surface area contributed by atoms with Crippen molar-refractivity contribution in [3.63, 3.8) is 0 Å². The molecule has 0 saturated heterocycles. The van der Waals surface area contributed by atoms with Crippen LogP contribution in [0.1, 0.15) is 32.4 Å². The molecule has 3 heterocycles. The first-order valence-electron chi connectivity index (χ1n) is 13.2. The molecular formula is C27H36N6O6S. The van der Waals surface area contributed by atoms with Gasteiger partial charge in [-0.15, -0.1) is 5.10 Å². The highest BCUT2D eigenvalue weighted by molar-refractivity contribution is 7.89. The van der Waals surface area contributed by atoms with Crippen LogP contribution >= 0.6 is 0 Å². The van der Waals surface area contributed by atoms with Crippen molar-refractivity contribution in [3.8, 4) is 11.6 Å². The second-order valence-electron chi connectivity index (χ2n) is 10.0. The number of nitrogens with zero attached hydrogens (tertiary/aromatic N) is 6. The molecule has 1 aliphatic heterocycles. The van der Waals surface area contributed by atoms with Gasteiger partial charge < -0.3 is 19.5 Å². The molecule has 1 amide bonds. The van der Waals surface area contributed by atoms with Crippen molar-refractivity contribution in [1.82, 2.24) is 29.2 Å². The second-order valence-corrected chi connectivity index (χ2v) is 12.1. The molecule has 4 rings (SSSR count). The van der Waals surface area contributed by atoms with E-state index in [1.807, 2.05) is 25.1 Å². The summed E-state index contributed by atoms with van der Waals surface area (Å²) in [7, 11) is -2.43. The summed E-state index contributed by atoms with van der Waals surface area (Å²) >= 11 is 0. The average Bonchev–Trinajstić information content (AvgIpc) is 3.41. The van der Waals surface area contributed by atoms with Crippen LogP contribution in [0, 0.1) is 5.92 Å². The number of pyridine rings is 1. The summed E-state index contributed by atoms with van der Waals surface area (Å²) in [6, 6.07) is 11.7. The van der Waals surface area contributed by atoms with Gasteiger partial charge >= 0.3 is 0 Å². The fourth-order valence-electron chi connectivity index (χ4n) is 4.41. The van der Waals surface area contributed by atoms with Crippen LogP contribution in [0.2, 0.25) is 0 Å². The summed E-state index contributed by atoms with van der Waals surface area (Å²) in [5.41, 5.74) is 0.618. The summed E-state index contributed by atoms with van der Waals surface area (Å²) < 4.78 is 41.6. The third-order valence-corrected chi connectivity index (χ3v) is 8.67. The Bertz CT molecular complexity index is 1350. The Hall–Kier alpha value is -3.39. The standard InChI is InChI=1S/C27H36N6O6S/c1-20-15-33(21(2)18-34)27(35)10-7-13-32-16-22(29-30-32)19-38-25(20)17-31(3)40(36,37)24-11-12-26(28-14-24)39-23-8-5-4-6-9-23/h4-6,8-9,11-12,14,16,20-21,25,34H,7,10,13,15,17-19H2,1-3H3/t20-,21-,25+/m1/s1. The van der Waals surface area contributed by atoms with E-state index >= 15 is 0 Å². The summed E-state index contributed by atoms with van der Waals surface area (Å²) in [5.74, 6) is 0.522. The van der Waals surface area contributed by atoms with Gasteiger partial charge in [0, 0.05) is 45.1 Å². The molecule has 0 aliphatic carbocycles. The van der Waals surface area contributed by atoms with Crippen LogP contribution < -0.4 is 4.74 Å². The van der Waals surface area contributed by atoms with Crippen LogP contribution in [-0.2, 0) is 32.7 Å². The third-order valence-electron chi connectivity index (χ3n) is 6.87. The largest absolute Gasteiger partial charge is 0.439 e. The molecule has 2 aromatic heterocycles. The number of para-hydroxylation sites is 1. The molecular weight excluding hydrogens is 536 g/mol. The Morgan fingerprint density at radius 1 is 1.23 bits per heavy atom. The third kappa shape index (κ3) is 7.42. The van der Waals surface area contributed by atoms with Crippen molar-refractivity contribution in [2.24, 2.45) is 5.92 Å². The number of hydrogen-bond donors (Lipinski definition) is 1. The van der Waals surface area contributed by atoms with E-state index in [4.69, 9.17) is 9.47 Å². The van der Waals surface area contributed by atoms with Crippen LogP contribution in [0.5, 0.6) is 11.6 Å². The van der Waals surface area contributed by atoms with E-state index in [1.54, 1.807) is 34.8 Å². The monoisotopic (exact) mass is 572 g/mol. The van der Waals surface area contributed by atoms with Gasteiger partial charge in [0.1, 0.15) is 16.3 Å². The van der Waals surface area contributed by atoms with E-state index in [-0.39, 0.29) is 48.4 Å². The van der Waals surface area contributed by atoms with Gasteiger partial charge in [-0.3, -0.25) is 9.48 Å². The SMILES string of the molecule is C[C@@H]1CN([C@H](C)CO)C(=O)CCCn2cc(nn2)CO[C@H]1CN(C)S(=O)(=O)c1ccc(Oc2ccccc2)nc1. The van der Waals surface area contributed by atoms with Gasteiger partial charge in [0.25, 0.3) is 0 Å². The lowest BCUT2D eigenvalue weighted by Gasteiger charge is -2.35. The van der Waals surface area contributed by atoms with Crippen molar-refractivity contribution >= 4 is 15.9 Å². The number of amides is 1. The summed E-state index contributed by atoms with van der Waals surface area (Å²) in [5, 5.41) is 18.0. The number of benzene rings is 1. The Balaban J connectivity index is 1.51. The number of carbonyl (C=O) groups is 1. The predicted molar refractivity (Wildman–Crippen MR) is 146 cm³/mol. The van der Waals surface area contributed by atoms with Crippen molar-refractivity contribution in [2.45, 2.75) is 56.9 Å². The lowest BCUT2D eigenvalue weighted by molar-refractivity contribution is -0.136. The van der Waals surface area contributed by atoms with Gasteiger partial charge in [0.05, 0.1) is 37.8 Å². The number of aryl methyl sites for hydroxylation is 1. The van der Waals surface area contributed by atoms with Crippen LogP contribution in [-0.4, -0.2) is 87.5 Å². The molecule has 1 N–H and O–H groups in total. The normalized spacial score (nSPS) is 19.9. The van der Waals surface area contributed by atoms with Gasteiger partial charge in [-0.25, -0.2) is 13.4 Å². The molecule has 216 valence electrons. The number of aliphatic hydroxyl groups excluding tert-OH is 1. The molecule has 3 aromatic rings. The molecule has 40 heavy (non-hydrogen) atoms. The minimum Gasteiger partial charge on any atom is -0.439 e. The van der Waals surface area contributed by atoms with Crippen LogP contribution in [0.3, 0.4) is 0 Å². The highest BCUT2D eigenvalue weighted by atomic mass is 32.2. The van der Waals surface area contributed by atoms with E-state index in [9.17, 15) is 18.3 Å². The number of rotatable bonds is 8. The number of sulfonamides is 1. The first-order chi connectivity index (χ1) is 19.2. The Kier molecular flexibility index (Phi) is 9.85. The van der Waals surface area contributed by atoms with E-state index < -0.39 is 16.1 Å². The van der Waals surface area contributed by atoms with Crippen molar-refractivity contribution in [1.29, 1.82) is 0 Å². The Morgan fingerprint density at radius 3 is 2.70 bits per heavy atom. The average molecular weight is 573 g/mol. The predicted octanol–water partition coefficient (Wildman–Crippen LogP) is 2.31. The van der Waals surface area contributed by atoms with Gasteiger partial charge in [0.2, 0.25) is 21.8 Å². The second kappa shape index (κ2) is 13.3. The molecule has 0 unspecified atom stereocenters. The first kappa shape index (κ1) is 29.6. The molecule has 0 radical (unpaired) electrons. The topological polar surface area (TPSA) is 140 Å². The number of aliphatic hydroxyl groups is 1. The molecule has 1 aliphatic rings. The molecule has 1 aromatic carbocycles. The first-order valence-corrected chi connectivity index (χ1v) is 14.7. The molecule has 0 saturated carbocycles. The quantitative estimate of drug-likeness (QED) is 0.431. The number of likely N-dealkylation sites (N-methyl/N-ethyl adjacent to an activating group) is 1. The van der Waals surface area contributed by atoms with Crippen molar-refractivity contribution in [2.75, 3.05) is 26.7 Å². The number of fused-ring (bicyclic) bond motifs is 2. The fourth-order valence-corrected chi connectivity index (χ4v) is 5.54. The number of hydrogen-bond acceptors (Lipinski definition) is 9. The Morgan fingerprint density at radius 2 is 2.00 bits per heavy atom. The van der Waals surface area contributed by atoms with Gasteiger partial charge in [-0.2, -0.15) is 4.31 Å². The lowest BCUT2D eigenvalue weighted by atomic mass is 10.0. The van der Waals surface area contributed by atoms with Crippen LogP contribution in [0.25, 0.3) is 0 Å². The van der Waals surface area contributed by atoms with Gasteiger partial charge in [-0.05, 0) is 31.5 Å². The van der Waals surface area contributed by atoms with Crippen LogP contribution in [0.4, 0.5) is 0 Å². The minimum atomic E-state index is -3.91. The van der Waals surface area contributed by atoms with Gasteiger partial charge in [-0.1, -0.05) is 30.3 Å². The summed E-state index contributed by atoms with van der Waals surface area (Å²) in [4.78, 5) is 18.9. The lowest BCUT2D eigenvalue weighted by Crippen LogP contribution is -2.47. The molecule has 2 bridgehead atoms. The highest BCUT2D eigenvalue weighted by Gasteiger charge is 2.31. The van der Waals surface area contributed by atoms with E-state index in [0.29, 0.717) is 37.4 Å². The van der Waals surface area contributed by atoms with Gasteiger partial charge in [0.15, 0.2) is 0 Å². The van der Waals surface area contributed by atoms with Crippen LogP contribution in [0.15, 0.2) is 59.8 Å². The minimum absolute atomic E-state index is 0.0151.